The summed E-state index contributed by atoms with van der Waals surface area (Å²) in [6.07, 6.45) is 4.99. The van der Waals surface area contributed by atoms with Crippen LogP contribution < -0.4 is 0 Å². The Morgan fingerprint density at radius 2 is 2.14 bits per heavy atom. The van der Waals surface area contributed by atoms with Gasteiger partial charge in [0.05, 0.1) is 22.6 Å². The lowest BCUT2D eigenvalue weighted by Crippen LogP contribution is -2.38. The van der Waals surface area contributed by atoms with Gasteiger partial charge in [-0.3, -0.25) is 4.68 Å². The predicted octanol–water partition coefficient (Wildman–Crippen LogP) is 1.32. The summed E-state index contributed by atoms with van der Waals surface area (Å²) in [6, 6.07) is 1.32. The molecule has 0 spiro atoms. The van der Waals surface area contributed by atoms with Crippen LogP contribution >= 0.6 is 0 Å². The first-order chi connectivity index (χ1) is 14.6. The molecule has 1 saturated heterocycles. The van der Waals surface area contributed by atoms with E-state index < -0.39 is 29.5 Å². The van der Waals surface area contributed by atoms with Crippen LogP contribution in [0.3, 0.4) is 0 Å². The van der Waals surface area contributed by atoms with Gasteiger partial charge in [0, 0.05) is 45.0 Å². The smallest absolute Gasteiger partial charge is 0.246 e. The first kappa shape index (κ1) is 15.5. The van der Waals surface area contributed by atoms with Crippen molar-refractivity contribution in [3.05, 3.63) is 41.9 Å². The molecular formula is C17H21FN6O3S. The summed E-state index contributed by atoms with van der Waals surface area (Å²) in [7, 11) is -5.05. The number of rotatable bonds is 5. The predicted molar refractivity (Wildman–Crippen MR) is 97.6 cm³/mol. The Hall–Kier alpha value is -2.37. The molecule has 11 heteroatoms. The van der Waals surface area contributed by atoms with Gasteiger partial charge in [-0.05, 0) is 18.8 Å². The van der Waals surface area contributed by atoms with E-state index >= 15 is 0 Å². The largest absolute Gasteiger partial charge is 0.378 e. The highest BCUT2D eigenvalue weighted by molar-refractivity contribution is 7.89. The number of nitrogens with zero attached hydrogens (tertiary/aromatic N) is 6. The third kappa shape index (κ3) is 3.19. The van der Waals surface area contributed by atoms with Crippen molar-refractivity contribution in [3.8, 4) is 0 Å². The minimum Gasteiger partial charge on any atom is -0.378 e. The second-order valence-electron chi connectivity index (χ2n) is 6.69. The van der Waals surface area contributed by atoms with Gasteiger partial charge in [0.1, 0.15) is 17.0 Å². The number of pyridine rings is 1. The van der Waals surface area contributed by atoms with Crippen molar-refractivity contribution >= 4 is 15.7 Å². The number of hydrogen-bond donors (Lipinski definition) is 0. The van der Waals surface area contributed by atoms with E-state index in [9.17, 15) is 12.8 Å². The molecule has 9 nitrogen and oxygen atoms in total. The van der Waals surface area contributed by atoms with E-state index in [0.29, 0.717) is 24.1 Å². The molecule has 1 aliphatic heterocycles. The standard InChI is InChI=1S/C17H21FN6O3S/c1-22-15(10-27-2)16(8-20-22)28(25,26)23-5-3-12(4-6-23)13-9-24-17(7-14(13)18)19-11-21-24/h7-9,11-12H,3-6,10H2,1-2H3/i2D3. The van der Waals surface area contributed by atoms with E-state index in [1.54, 1.807) is 6.20 Å². The number of piperidine rings is 1. The number of hydrogen-bond acceptors (Lipinski definition) is 6. The van der Waals surface area contributed by atoms with Gasteiger partial charge in [0.15, 0.2) is 5.65 Å². The highest BCUT2D eigenvalue weighted by Gasteiger charge is 2.33. The molecule has 3 aromatic heterocycles. The summed E-state index contributed by atoms with van der Waals surface area (Å²) in [5.41, 5.74) is 1.04. The molecule has 4 heterocycles. The van der Waals surface area contributed by atoms with Gasteiger partial charge in [0.25, 0.3) is 0 Å². The monoisotopic (exact) mass is 411 g/mol. The fourth-order valence-corrected chi connectivity index (χ4v) is 5.23. The van der Waals surface area contributed by atoms with Crippen molar-refractivity contribution in [1.82, 2.24) is 28.7 Å². The molecule has 0 amide bonds. The van der Waals surface area contributed by atoms with E-state index in [1.807, 2.05) is 0 Å². The second-order valence-corrected chi connectivity index (χ2v) is 8.59. The maximum atomic E-state index is 14.5. The summed E-state index contributed by atoms with van der Waals surface area (Å²) in [4.78, 5) is 3.87. The van der Waals surface area contributed by atoms with Crippen LogP contribution in [0, 0.1) is 5.82 Å². The average Bonchev–Trinajstić information content (AvgIpc) is 3.31. The maximum absolute atomic E-state index is 14.5. The summed E-state index contributed by atoms with van der Waals surface area (Å²) in [6.45, 7) is -0.0340. The zero-order valence-corrected chi connectivity index (χ0v) is 15.9. The molecule has 0 bridgehead atoms. The average molecular weight is 411 g/mol. The molecular weight excluding hydrogens is 387 g/mol. The van der Waals surface area contributed by atoms with Crippen molar-refractivity contribution in [2.24, 2.45) is 7.05 Å². The lowest BCUT2D eigenvalue weighted by Gasteiger charge is -2.31. The quantitative estimate of drug-likeness (QED) is 0.628. The Morgan fingerprint density at radius 3 is 2.89 bits per heavy atom. The summed E-state index contributed by atoms with van der Waals surface area (Å²) < 4.78 is 71.3. The molecule has 1 fully saturated rings. The van der Waals surface area contributed by atoms with Crippen molar-refractivity contribution in [2.45, 2.75) is 30.3 Å². The van der Waals surface area contributed by atoms with Gasteiger partial charge >= 0.3 is 0 Å². The molecule has 3 aromatic rings. The van der Waals surface area contributed by atoms with E-state index in [1.165, 1.54) is 39.1 Å². The van der Waals surface area contributed by atoms with Gasteiger partial charge in [-0.2, -0.15) is 14.5 Å². The zero-order valence-electron chi connectivity index (χ0n) is 18.1. The van der Waals surface area contributed by atoms with Crippen LogP contribution in [0.5, 0.6) is 0 Å². The van der Waals surface area contributed by atoms with Crippen LogP contribution in [0.4, 0.5) is 4.39 Å². The minimum absolute atomic E-state index is 0.0899. The number of aromatic nitrogens is 5. The van der Waals surface area contributed by atoms with E-state index in [0.717, 1.165) is 0 Å². The molecule has 28 heavy (non-hydrogen) atoms. The highest BCUT2D eigenvalue weighted by atomic mass is 32.2. The van der Waals surface area contributed by atoms with E-state index in [-0.39, 0.29) is 29.6 Å². The Bertz CT molecular complexity index is 1200. The minimum atomic E-state index is -3.92. The summed E-state index contributed by atoms with van der Waals surface area (Å²) in [5.74, 6) is -0.550. The number of methoxy groups -OCH3 is 1. The number of halogens is 1. The molecule has 0 N–H and O–H groups in total. The van der Waals surface area contributed by atoms with Crippen LogP contribution in [-0.2, 0) is 28.4 Å². The van der Waals surface area contributed by atoms with E-state index in [2.05, 4.69) is 15.2 Å². The molecule has 0 atom stereocenters. The Labute approximate surface area is 166 Å². The van der Waals surface area contributed by atoms with E-state index in [4.69, 9.17) is 8.85 Å². The summed E-state index contributed by atoms with van der Waals surface area (Å²) >= 11 is 0. The lowest BCUT2D eigenvalue weighted by atomic mass is 9.91. The fourth-order valence-electron chi connectivity index (χ4n) is 3.59. The second kappa shape index (κ2) is 7.22. The molecule has 0 aromatic carbocycles. The third-order valence-corrected chi connectivity index (χ3v) is 7.08. The maximum Gasteiger partial charge on any atom is 0.246 e. The molecule has 150 valence electrons. The van der Waals surface area contributed by atoms with Crippen molar-refractivity contribution < 1.29 is 21.7 Å². The fraction of sp³-hybridized carbons (Fsp3) is 0.471. The first-order valence-electron chi connectivity index (χ1n) is 10.2. The van der Waals surface area contributed by atoms with Gasteiger partial charge in [-0.1, -0.05) is 0 Å². The number of ether oxygens (including phenoxy) is 1. The number of aryl methyl sites for hydroxylation is 1. The zero-order chi connectivity index (χ0) is 22.4. The van der Waals surface area contributed by atoms with Gasteiger partial charge in [-0.25, -0.2) is 22.3 Å². The molecule has 0 radical (unpaired) electrons. The molecule has 1 aliphatic rings. The van der Waals surface area contributed by atoms with Gasteiger partial charge in [0.2, 0.25) is 10.0 Å². The molecule has 0 aliphatic carbocycles. The first-order valence-corrected chi connectivity index (χ1v) is 10.1. The summed E-state index contributed by atoms with van der Waals surface area (Å²) in [5, 5.41) is 7.99. The Morgan fingerprint density at radius 1 is 1.36 bits per heavy atom. The van der Waals surface area contributed by atoms with Crippen LogP contribution in [0.15, 0.2) is 29.7 Å². The number of fused-ring (bicyclic) bond motifs is 1. The Kier molecular flexibility index (Phi) is 4.01. The van der Waals surface area contributed by atoms with Crippen molar-refractivity contribution in [3.63, 3.8) is 0 Å². The topological polar surface area (TPSA) is 94.6 Å². The molecule has 0 unspecified atom stereocenters. The molecule has 0 saturated carbocycles. The van der Waals surface area contributed by atoms with Gasteiger partial charge in [-0.15, -0.1) is 0 Å². The van der Waals surface area contributed by atoms with Crippen molar-refractivity contribution in [1.29, 1.82) is 0 Å². The normalized spacial score (nSPS) is 18.9. The van der Waals surface area contributed by atoms with Gasteiger partial charge < -0.3 is 4.74 Å². The van der Waals surface area contributed by atoms with Crippen LogP contribution in [0.1, 0.15) is 34.1 Å². The lowest BCUT2D eigenvalue weighted by molar-refractivity contribution is 0.175. The van der Waals surface area contributed by atoms with Crippen LogP contribution in [0.2, 0.25) is 0 Å². The number of sulfonamides is 1. The molecule has 4 rings (SSSR count). The van der Waals surface area contributed by atoms with Crippen LogP contribution in [-0.4, -0.2) is 57.2 Å². The van der Waals surface area contributed by atoms with Crippen molar-refractivity contribution in [2.75, 3.05) is 20.1 Å². The third-order valence-electron chi connectivity index (χ3n) is 5.14. The van der Waals surface area contributed by atoms with Crippen LogP contribution in [0.25, 0.3) is 5.65 Å². The highest BCUT2D eigenvalue weighted by Crippen LogP contribution is 2.33. The SMILES string of the molecule is [2H]C([2H])([2H])OCc1c(S(=O)(=O)N2CCC(c3cn4ncnc4cc3F)CC2)cnn1C. The Balaban J connectivity index is 1.51.